The maximum atomic E-state index is 13.1. The molecule has 2 N–H and O–H groups in total. The molecule has 0 bridgehead atoms. The number of carbonyl (C=O) groups excluding carboxylic acids is 1. The van der Waals surface area contributed by atoms with Crippen molar-refractivity contribution in [3.8, 4) is 11.3 Å². The molecule has 5 rings (SSSR count). The van der Waals surface area contributed by atoms with E-state index in [0.29, 0.717) is 0 Å². The van der Waals surface area contributed by atoms with Gasteiger partial charge in [0.1, 0.15) is 0 Å². The molecule has 0 fully saturated rings. The Labute approximate surface area is 168 Å². The predicted octanol–water partition coefficient (Wildman–Crippen LogP) is 3.76. The fourth-order valence-corrected chi connectivity index (χ4v) is 4.29. The van der Waals surface area contributed by atoms with Gasteiger partial charge in [0.2, 0.25) is 5.91 Å². The van der Waals surface area contributed by atoms with E-state index in [1.54, 1.807) is 6.20 Å². The zero-order valence-corrected chi connectivity index (χ0v) is 16.4. The fraction of sp³-hybridized carbons (Fsp3) is 0.273. The van der Waals surface area contributed by atoms with Crippen LogP contribution in [0.5, 0.6) is 0 Å². The Morgan fingerprint density at radius 1 is 1.21 bits per heavy atom. The van der Waals surface area contributed by atoms with Crippen LogP contribution in [0.4, 0.5) is 5.69 Å². The number of nitrogens with zero attached hydrogens (tertiary/aromatic N) is 4. The summed E-state index contributed by atoms with van der Waals surface area (Å²) in [5, 5.41) is 19.8. The van der Waals surface area contributed by atoms with E-state index in [1.165, 1.54) is 0 Å². The molecule has 29 heavy (non-hydrogen) atoms. The second-order valence-electron chi connectivity index (χ2n) is 8.07. The largest absolute Gasteiger partial charge is 0.326 e. The Morgan fingerprint density at radius 3 is 2.86 bits per heavy atom. The third kappa shape index (κ3) is 2.90. The van der Waals surface area contributed by atoms with Gasteiger partial charge in [0.05, 0.1) is 34.6 Å². The number of amides is 1. The average molecular weight is 386 g/mol. The van der Waals surface area contributed by atoms with Gasteiger partial charge in [0, 0.05) is 16.6 Å². The quantitative estimate of drug-likeness (QED) is 0.561. The third-order valence-corrected chi connectivity index (χ3v) is 5.90. The highest BCUT2D eigenvalue weighted by molar-refractivity contribution is 5.99. The number of hydrogen-bond acceptors (Lipinski definition) is 4. The lowest BCUT2D eigenvalue weighted by molar-refractivity contribution is -0.124. The van der Waals surface area contributed by atoms with E-state index in [4.69, 9.17) is 0 Å². The molecular weight excluding hydrogens is 364 g/mol. The minimum absolute atomic E-state index is 0.000237. The molecule has 146 valence electrons. The molecule has 1 aliphatic heterocycles. The van der Waals surface area contributed by atoms with E-state index in [2.05, 4.69) is 25.8 Å². The standard InChI is InChI=1S/C22H22N6O/c1-22(2)18(10-9-16-13-23-27-28(16)22)21(29)24-15-8-11-19-17(12-15)20(26-25-19)14-6-4-3-5-7-14/h3-8,11-13,18H,9-10H2,1-2H3,(H,24,29)(H,25,26)/t18-/m0/s1. The van der Waals surface area contributed by atoms with Crippen molar-refractivity contribution in [2.75, 3.05) is 5.32 Å². The van der Waals surface area contributed by atoms with Crippen LogP contribution in [0.25, 0.3) is 22.2 Å². The number of hydrogen-bond donors (Lipinski definition) is 2. The van der Waals surface area contributed by atoms with Crippen LogP contribution >= 0.6 is 0 Å². The molecule has 7 nitrogen and oxygen atoms in total. The molecule has 0 unspecified atom stereocenters. The summed E-state index contributed by atoms with van der Waals surface area (Å²) in [5.41, 5.74) is 4.26. The molecule has 2 aromatic heterocycles. The van der Waals surface area contributed by atoms with E-state index in [1.807, 2.05) is 67.1 Å². The van der Waals surface area contributed by atoms with Gasteiger partial charge in [-0.25, -0.2) is 4.68 Å². The number of aromatic nitrogens is 5. The number of anilines is 1. The Morgan fingerprint density at radius 2 is 2.03 bits per heavy atom. The van der Waals surface area contributed by atoms with Crippen LogP contribution in [0.3, 0.4) is 0 Å². The molecule has 3 heterocycles. The van der Waals surface area contributed by atoms with Crippen molar-refractivity contribution in [1.29, 1.82) is 0 Å². The van der Waals surface area contributed by atoms with E-state index < -0.39 is 5.54 Å². The molecule has 1 atom stereocenters. The zero-order valence-electron chi connectivity index (χ0n) is 16.4. The minimum atomic E-state index is -0.427. The summed E-state index contributed by atoms with van der Waals surface area (Å²) >= 11 is 0. The van der Waals surface area contributed by atoms with Gasteiger partial charge < -0.3 is 5.32 Å². The summed E-state index contributed by atoms with van der Waals surface area (Å²) in [4.78, 5) is 13.1. The van der Waals surface area contributed by atoms with Crippen molar-refractivity contribution in [2.24, 2.45) is 5.92 Å². The van der Waals surface area contributed by atoms with Gasteiger partial charge in [-0.15, -0.1) is 5.10 Å². The van der Waals surface area contributed by atoms with Crippen molar-refractivity contribution in [1.82, 2.24) is 25.2 Å². The normalized spacial score (nSPS) is 17.8. The number of aryl methyl sites for hydroxylation is 1. The van der Waals surface area contributed by atoms with Gasteiger partial charge in [0.25, 0.3) is 0 Å². The lowest BCUT2D eigenvalue weighted by atomic mass is 9.80. The number of nitrogens with one attached hydrogen (secondary N) is 2. The van der Waals surface area contributed by atoms with Crippen LogP contribution in [0.2, 0.25) is 0 Å². The van der Waals surface area contributed by atoms with Gasteiger partial charge in [0.15, 0.2) is 0 Å². The Balaban J connectivity index is 1.44. The Bertz CT molecular complexity index is 1190. The van der Waals surface area contributed by atoms with Crippen molar-refractivity contribution in [2.45, 2.75) is 32.2 Å². The Kier molecular flexibility index (Phi) is 3.97. The molecule has 1 aliphatic rings. The SMILES string of the molecule is CC1(C)[C@H](C(=O)Nc2ccc3[nH]nc(-c4ccccc4)c3c2)CCc2cnnn21. The highest BCUT2D eigenvalue weighted by atomic mass is 16.2. The van der Waals surface area contributed by atoms with E-state index in [0.717, 1.165) is 46.4 Å². The van der Waals surface area contributed by atoms with Gasteiger partial charge in [-0.05, 0) is 44.9 Å². The van der Waals surface area contributed by atoms with Crippen LogP contribution in [0.1, 0.15) is 26.0 Å². The van der Waals surface area contributed by atoms with Gasteiger partial charge in [-0.1, -0.05) is 35.5 Å². The van der Waals surface area contributed by atoms with Gasteiger partial charge >= 0.3 is 0 Å². The van der Waals surface area contributed by atoms with E-state index in [-0.39, 0.29) is 11.8 Å². The molecule has 2 aromatic carbocycles. The maximum Gasteiger partial charge on any atom is 0.229 e. The number of benzene rings is 2. The maximum absolute atomic E-state index is 13.1. The number of fused-ring (bicyclic) bond motifs is 2. The fourth-order valence-electron chi connectivity index (χ4n) is 4.29. The van der Waals surface area contributed by atoms with Crippen molar-refractivity contribution in [3.05, 3.63) is 60.4 Å². The predicted molar refractivity (Wildman–Crippen MR) is 111 cm³/mol. The first-order chi connectivity index (χ1) is 14.0. The lowest BCUT2D eigenvalue weighted by Crippen LogP contribution is -2.46. The number of rotatable bonds is 3. The van der Waals surface area contributed by atoms with Crippen molar-refractivity contribution < 1.29 is 4.79 Å². The second kappa shape index (κ2) is 6.55. The molecule has 0 spiro atoms. The highest BCUT2D eigenvalue weighted by Crippen LogP contribution is 2.36. The van der Waals surface area contributed by atoms with E-state index >= 15 is 0 Å². The molecule has 0 aliphatic carbocycles. The summed E-state index contributed by atoms with van der Waals surface area (Å²) in [6, 6.07) is 15.9. The molecule has 1 amide bonds. The van der Waals surface area contributed by atoms with Crippen LogP contribution in [-0.4, -0.2) is 31.1 Å². The first-order valence-electron chi connectivity index (χ1n) is 9.78. The molecule has 7 heteroatoms. The molecule has 0 saturated carbocycles. The molecule has 4 aromatic rings. The van der Waals surface area contributed by atoms with Crippen LogP contribution in [-0.2, 0) is 16.8 Å². The Hall–Kier alpha value is -3.48. The van der Waals surface area contributed by atoms with Gasteiger partial charge in [-0.3, -0.25) is 9.89 Å². The first-order valence-corrected chi connectivity index (χ1v) is 9.78. The lowest BCUT2D eigenvalue weighted by Gasteiger charge is -2.38. The average Bonchev–Trinajstić information content (AvgIpc) is 3.36. The summed E-state index contributed by atoms with van der Waals surface area (Å²) in [6.45, 7) is 4.09. The van der Waals surface area contributed by atoms with Crippen LogP contribution in [0, 0.1) is 5.92 Å². The number of aromatic amines is 1. The monoisotopic (exact) mass is 386 g/mol. The van der Waals surface area contributed by atoms with Crippen molar-refractivity contribution in [3.63, 3.8) is 0 Å². The van der Waals surface area contributed by atoms with Gasteiger partial charge in [-0.2, -0.15) is 5.10 Å². The molecule has 0 saturated heterocycles. The van der Waals surface area contributed by atoms with Crippen LogP contribution in [0.15, 0.2) is 54.7 Å². The second-order valence-corrected chi connectivity index (χ2v) is 8.07. The van der Waals surface area contributed by atoms with Crippen molar-refractivity contribution >= 4 is 22.5 Å². The zero-order chi connectivity index (χ0) is 20.0. The minimum Gasteiger partial charge on any atom is -0.326 e. The van der Waals surface area contributed by atoms with Crippen LogP contribution < -0.4 is 5.32 Å². The van der Waals surface area contributed by atoms with E-state index in [9.17, 15) is 4.79 Å². The number of H-pyrrole nitrogens is 1. The topological polar surface area (TPSA) is 88.5 Å². The molecular formula is C22H22N6O. The third-order valence-electron chi connectivity index (χ3n) is 5.90. The number of carbonyl (C=O) groups is 1. The summed E-state index contributed by atoms with van der Waals surface area (Å²) in [5.74, 6) is -0.189. The molecule has 0 radical (unpaired) electrons. The summed E-state index contributed by atoms with van der Waals surface area (Å²) < 4.78 is 1.88. The summed E-state index contributed by atoms with van der Waals surface area (Å²) in [6.07, 6.45) is 3.36. The highest BCUT2D eigenvalue weighted by Gasteiger charge is 2.41. The summed E-state index contributed by atoms with van der Waals surface area (Å²) in [7, 11) is 0. The smallest absolute Gasteiger partial charge is 0.229 e. The first kappa shape index (κ1) is 17.6.